The van der Waals surface area contributed by atoms with Crippen molar-refractivity contribution in [2.75, 3.05) is 13.1 Å². The van der Waals surface area contributed by atoms with Crippen LogP contribution in [0.15, 0.2) is 33.5 Å². The smallest absolute Gasteiger partial charge is 0.289 e. The Balaban J connectivity index is 1.99. The lowest BCUT2D eigenvalue weighted by atomic mass is 10.00. The van der Waals surface area contributed by atoms with Crippen LogP contribution >= 0.6 is 11.6 Å². The molecule has 0 saturated carbocycles. The molecule has 3 rings (SSSR count). The molecule has 0 spiro atoms. The molecule has 1 atom stereocenters. The fraction of sp³-hybridized carbons (Fsp3) is 0.375. The Morgan fingerprint density at radius 1 is 1.38 bits per heavy atom. The van der Waals surface area contributed by atoms with Crippen molar-refractivity contribution >= 4 is 28.5 Å². The fourth-order valence-corrected chi connectivity index (χ4v) is 2.94. The fourth-order valence-electron chi connectivity index (χ4n) is 2.76. The number of benzene rings is 1. The molecule has 1 aromatic carbocycles. The van der Waals surface area contributed by atoms with Crippen molar-refractivity contribution in [2.45, 2.75) is 19.8 Å². The minimum Gasteiger partial charge on any atom is -0.451 e. The van der Waals surface area contributed by atoms with E-state index in [9.17, 15) is 9.59 Å². The van der Waals surface area contributed by atoms with E-state index in [0.29, 0.717) is 35.0 Å². The quantitative estimate of drug-likeness (QED) is 0.812. The molecule has 4 nitrogen and oxygen atoms in total. The maximum absolute atomic E-state index is 12.5. The van der Waals surface area contributed by atoms with Gasteiger partial charge in [-0.2, -0.15) is 0 Å². The van der Waals surface area contributed by atoms with Gasteiger partial charge in [0.2, 0.25) is 0 Å². The Bertz CT molecular complexity index is 753. The van der Waals surface area contributed by atoms with Crippen LogP contribution in [0.1, 0.15) is 30.3 Å². The van der Waals surface area contributed by atoms with Gasteiger partial charge in [-0.15, -0.1) is 0 Å². The molecule has 2 aromatic rings. The van der Waals surface area contributed by atoms with Crippen molar-refractivity contribution in [3.8, 4) is 0 Å². The first-order valence-corrected chi connectivity index (χ1v) is 7.45. The summed E-state index contributed by atoms with van der Waals surface area (Å²) in [6, 6.07) is 6.08. The molecule has 110 valence electrons. The monoisotopic (exact) mass is 305 g/mol. The van der Waals surface area contributed by atoms with Crippen LogP contribution in [0.25, 0.3) is 11.0 Å². The summed E-state index contributed by atoms with van der Waals surface area (Å²) in [6.07, 6.45) is 2.12. The molecule has 1 aliphatic heterocycles. The maximum Gasteiger partial charge on any atom is 0.289 e. The number of rotatable bonds is 1. The molecule has 0 N–H and O–H groups in total. The summed E-state index contributed by atoms with van der Waals surface area (Å²) in [7, 11) is 0. The van der Waals surface area contributed by atoms with E-state index < -0.39 is 0 Å². The normalized spacial score (nSPS) is 19.0. The topological polar surface area (TPSA) is 50.5 Å². The first-order chi connectivity index (χ1) is 10.0. The van der Waals surface area contributed by atoms with Crippen LogP contribution in [-0.4, -0.2) is 23.9 Å². The first kappa shape index (κ1) is 14.1. The number of hydrogen-bond donors (Lipinski definition) is 0. The molecule has 1 amide bonds. The summed E-state index contributed by atoms with van der Waals surface area (Å²) in [6.45, 7) is 3.55. The molecule has 1 aliphatic rings. The number of nitrogens with zero attached hydrogens (tertiary/aromatic N) is 1. The van der Waals surface area contributed by atoms with Crippen molar-refractivity contribution in [3.05, 3.63) is 45.3 Å². The molecular weight excluding hydrogens is 290 g/mol. The molecule has 1 saturated heterocycles. The lowest BCUT2D eigenvalue weighted by Crippen LogP contribution is -2.39. The summed E-state index contributed by atoms with van der Waals surface area (Å²) in [5.41, 5.74) is 0.146. The summed E-state index contributed by atoms with van der Waals surface area (Å²) >= 11 is 5.88. The Hall–Kier alpha value is -1.81. The largest absolute Gasteiger partial charge is 0.451 e. The number of carbonyl (C=O) groups is 1. The minimum absolute atomic E-state index is 0.101. The lowest BCUT2D eigenvalue weighted by Gasteiger charge is -2.30. The van der Waals surface area contributed by atoms with E-state index in [-0.39, 0.29) is 17.1 Å². The molecule has 1 unspecified atom stereocenters. The average Bonchev–Trinajstić information content (AvgIpc) is 2.47. The Morgan fingerprint density at radius 3 is 2.95 bits per heavy atom. The molecule has 0 aliphatic carbocycles. The zero-order valence-corrected chi connectivity index (χ0v) is 12.5. The van der Waals surface area contributed by atoms with Crippen LogP contribution in [0.2, 0.25) is 5.02 Å². The summed E-state index contributed by atoms with van der Waals surface area (Å²) < 4.78 is 5.60. The summed E-state index contributed by atoms with van der Waals surface area (Å²) in [5.74, 6) is 0.369. The zero-order valence-electron chi connectivity index (χ0n) is 11.8. The van der Waals surface area contributed by atoms with E-state index in [1.165, 1.54) is 6.07 Å². The van der Waals surface area contributed by atoms with E-state index in [0.717, 1.165) is 12.8 Å². The van der Waals surface area contributed by atoms with Gasteiger partial charge in [-0.3, -0.25) is 9.59 Å². The van der Waals surface area contributed by atoms with Gasteiger partial charge in [0.1, 0.15) is 5.58 Å². The second kappa shape index (κ2) is 5.53. The molecule has 0 radical (unpaired) electrons. The second-order valence-electron chi connectivity index (χ2n) is 5.61. The predicted molar refractivity (Wildman–Crippen MR) is 81.8 cm³/mol. The number of hydrogen-bond acceptors (Lipinski definition) is 3. The second-order valence-corrected chi connectivity index (χ2v) is 6.05. The SMILES string of the molecule is CC1CCCN(C(=O)c2cc(=O)c3cc(Cl)ccc3o2)C1. The van der Waals surface area contributed by atoms with Gasteiger partial charge in [0.25, 0.3) is 5.91 Å². The van der Waals surface area contributed by atoms with Crippen molar-refractivity contribution in [1.82, 2.24) is 4.90 Å². The third kappa shape index (κ3) is 2.81. The summed E-state index contributed by atoms with van der Waals surface area (Å²) in [4.78, 5) is 26.3. The van der Waals surface area contributed by atoms with Crippen LogP contribution < -0.4 is 5.43 Å². The highest BCUT2D eigenvalue weighted by Gasteiger charge is 2.24. The van der Waals surface area contributed by atoms with Gasteiger partial charge in [-0.25, -0.2) is 0 Å². The van der Waals surface area contributed by atoms with E-state index in [1.807, 2.05) is 0 Å². The molecule has 1 aromatic heterocycles. The standard InChI is InChI=1S/C16H16ClNO3/c1-10-3-2-6-18(9-10)16(20)15-8-13(19)12-7-11(17)4-5-14(12)21-15/h4-5,7-8,10H,2-3,6,9H2,1H3. The molecular formula is C16H16ClNO3. The Morgan fingerprint density at radius 2 is 2.19 bits per heavy atom. The Labute approximate surface area is 127 Å². The van der Waals surface area contributed by atoms with E-state index in [1.54, 1.807) is 23.1 Å². The van der Waals surface area contributed by atoms with Crippen molar-refractivity contribution in [3.63, 3.8) is 0 Å². The van der Waals surface area contributed by atoms with Crippen molar-refractivity contribution in [2.24, 2.45) is 5.92 Å². The predicted octanol–water partition coefficient (Wildman–Crippen LogP) is 3.32. The first-order valence-electron chi connectivity index (χ1n) is 7.07. The average molecular weight is 306 g/mol. The van der Waals surface area contributed by atoms with Gasteiger partial charge >= 0.3 is 0 Å². The molecule has 21 heavy (non-hydrogen) atoms. The molecule has 0 bridgehead atoms. The lowest BCUT2D eigenvalue weighted by molar-refractivity contribution is 0.0651. The van der Waals surface area contributed by atoms with E-state index in [2.05, 4.69) is 6.92 Å². The van der Waals surface area contributed by atoms with Gasteiger partial charge in [-0.05, 0) is 37.0 Å². The van der Waals surface area contributed by atoms with Gasteiger partial charge in [0.05, 0.1) is 5.39 Å². The number of carbonyl (C=O) groups excluding carboxylic acids is 1. The van der Waals surface area contributed by atoms with Crippen molar-refractivity contribution in [1.29, 1.82) is 0 Å². The number of amides is 1. The molecule has 2 heterocycles. The van der Waals surface area contributed by atoms with E-state index in [4.69, 9.17) is 16.0 Å². The van der Waals surface area contributed by atoms with Crippen LogP contribution in [-0.2, 0) is 0 Å². The highest BCUT2D eigenvalue weighted by molar-refractivity contribution is 6.31. The zero-order chi connectivity index (χ0) is 15.0. The number of fused-ring (bicyclic) bond motifs is 1. The molecule has 1 fully saturated rings. The van der Waals surface area contributed by atoms with Gasteiger partial charge < -0.3 is 9.32 Å². The van der Waals surface area contributed by atoms with Crippen LogP contribution in [0, 0.1) is 5.92 Å². The van der Waals surface area contributed by atoms with Gasteiger partial charge in [0, 0.05) is 24.2 Å². The highest BCUT2D eigenvalue weighted by atomic mass is 35.5. The maximum atomic E-state index is 12.5. The minimum atomic E-state index is -0.243. The highest BCUT2D eigenvalue weighted by Crippen LogP contribution is 2.21. The number of halogens is 1. The third-order valence-corrected chi connectivity index (χ3v) is 4.08. The Kier molecular flexibility index (Phi) is 3.72. The summed E-state index contributed by atoms with van der Waals surface area (Å²) in [5, 5.41) is 0.866. The number of likely N-dealkylation sites (tertiary alicyclic amines) is 1. The van der Waals surface area contributed by atoms with Crippen LogP contribution in [0.5, 0.6) is 0 Å². The number of piperidine rings is 1. The van der Waals surface area contributed by atoms with Gasteiger partial charge in [0.15, 0.2) is 11.2 Å². The third-order valence-electron chi connectivity index (χ3n) is 3.84. The van der Waals surface area contributed by atoms with Crippen molar-refractivity contribution < 1.29 is 9.21 Å². The van der Waals surface area contributed by atoms with Gasteiger partial charge in [-0.1, -0.05) is 18.5 Å². The van der Waals surface area contributed by atoms with Crippen LogP contribution in [0.4, 0.5) is 0 Å². The van der Waals surface area contributed by atoms with Crippen LogP contribution in [0.3, 0.4) is 0 Å². The molecule has 5 heteroatoms. The van der Waals surface area contributed by atoms with E-state index >= 15 is 0 Å².